The maximum absolute atomic E-state index is 10.5. The molecule has 1 unspecified atom stereocenters. The Hall–Kier alpha value is -2.65. The number of aromatic nitrogens is 2. The summed E-state index contributed by atoms with van der Waals surface area (Å²) in [4.78, 5) is 4.28. The molecule has 3 rings (SSSR count). The summed E-state index contributed by atoms with van der Waals surface area (Å²) in [7, 11) is 1.94. The molecule has 0 aliphatic rings. The smallest absolute Gasteiger partial charge is 0.111 e. The molecule has 0 radical (unpaired) electrons. The van der Waals surface area contributed by atoms with Gasteiger partial charge < -0.3 is 9.67 Å². The Bertz CT molecular complexity index is 734. The summed E-state index contributed by atoms with van der Waals surface area (Å²) >= 11 is 0. The van der Waals surface area contributed by atoms with E-state index in [4.69, 9.17) is 0 Å². The molecule has 3 nitrogen and oxygen atoms in total. The predicted molar refractivity (Wildman–Crippen MR) is 92.9 cm³/mol. The number of aliphatic hydroxyl groups excluding tert-OH is 1. The van der Waals surface area contributed by atoms with Crippen LogP contribution < -0.4 is 0 Å². The molecule has 0 aliphatic heterocycles. The molecule has 0 fully saturated rings. The molecular weight excluding hydrogens is 284 g/mol. The largest absolute Gasteiger partial charge is 0.389 e. The van der Waals surface area contributed by atoms with E-state index in [2.05, 4.69) is 29.2 Å². The van der Waals surface area contributed by atoms with Gasteiger partial charge in [0.25, 0.3) is 0 Å². The van der Waals surface area contributed by atoms with E-state index in [1.165, 1.54) is 0 Å². The van der Waals surface area contributed by atoms with Crippen LogP contribution in [0.3, 0.4) is 0 Å². The van der Waals surface area contributed by atoms with Gasteiger partial charge in [0.05, 0.1) is 6.10 Å². The number of aliphatic hydroxyl groups is 1. The fourth-order valence-electron chi connectivity index (χ4n) is 2.63. The lowest BCUT2D eigenvalue weighted by Gasteiger charge is -2.12. The molecule has 23 heavy (non-hydrogen) atoms. The zero-order valence-electron chi connectivity index (χ0n) is 13.1. The molecule has 1 heterocycles. The maximum Gasteiger partial charge on any atom is 0.111 e. The van der Waals surface area contributed by atoms with Crippen LogP contribution in [0.5, 0.6) is 0 Å². The van der Waals surface area contributed by atoms with Crippen molar-refractivity contribution in [2.24, 2.45) is 7.05 Å². The maximum atomic E-state index is 10.5. The molecule has 0 amide bonds. The fourth-order valence-corrected chi connectivity index (χ4v) is 2.63. The van der Waals surface area contributed by atoms with Crippen molar-refractivity contribution < 1.29 is 5.11 Å². The first-order chi connectivity index (χ1) is 11.2. The molecule has 3 aromatic rings. The van der Waals surface area contributed by atoms with Gasteiger partial charge in [0.15, 0.2) is 0 Å². The van der Waals surface area contributed by atoms with E-state index in [9.17, 15) is 5.11 Å². The number of imidazole rings is 1. The average molecular weight is 304 g/mol. The topological polar surface area (TPSA) is 38.0 Å². The minimum atomic E-state index is -0.591. The summed E-state index contributed by atoms with van der Waals surface area (Å²) in [5, 5.41) is 10.5. The first-order valence-corrected chi connectivity index (χ1v) is 7.71. The summed E-state index contributed by atoms with van der Waals surface area (Å²) in [6.45, 7) is 0. The van der Waals surface area contributed by atoms with E-state index in [0.29, 0.717) is 6.42 Å². The second-order valence-electron chi connectivity index (χ2n) is 5.54. The lowest BCUT2D eigenvalue weighted by atomic mass is 9.96. The van der Waals surface area contributed by atoms with Gasteiger partial charge in [-0.05, 0) is 22.8 Å². The van der Waals surface area contributed by atoms with Crippen LogP contribution in [0.1, 0.15) is 17.0 Å². The van der Waals surface area contributed by atoms with Gasteiger partial charge in [0.2, 0.25) is 0 Å². The third kappa shape index (κ3) is 3.76. The minimum Gasteiger partial charge on any atom is -0.389 e. The van der Waals surface area contributed by atoms with Crippen molar-refractivity contribution in [1.82, 2.24) is 9.55 Å². The highest BCUT2D eigenvalue weighted by molar-refractivity contribution is 5.80. The van der Waals surface area contributed by atoms with Gasteiger partial charge in [-0.1, -0.05) is 60.7 Å². The van der Waals surface area contributed by atoms with Crippen LogP contribution in [0.25, 0.3) is 5.57 Å². The van der Waals surface area contributed by atoms with Gasteiger partial charge in [-0.25, -0.2) is 4.98 Å². The SMILES string of the molecule is Cn1ccnc1CC(O)C=C(c1ccccc1)c1ccccc1. The first kappa shape index (κ1) is 15.3. The highest BCUT2D eigenvalue weighted by Gasteiger charge is 2.11. The highest BCUT2D eigenvalue weighted by Crippen LogP contribution is 2.24. The number of nitrogens with zero attached hydrogens (tertiary/aromatic N) is 2. The molecule has 0 saturated heterocycles. The Morgan fingerprint density at radius 3 is 2.09 bits per heavy atom. The monoisotopic (exact) mass is 304 g/mol. The predicted octanol–water partition coefficient (Wildman–Crippen LogP) is 3.46. The third-order valence-corrected chi connectivity index (χ3v) is 3.84. The second-order valence-corrected chi connectivity index (χ2v) is 5.54. The van der Waals surface area contributed by atoms with Crippen molar-refractivity contribution in [2.45, 2.75) is 12.5 Å². The Morgan fingerprint density at radius 2 is 1.61 bits per heavy atom. The normalized spacial score (nSPS) is 11.9. The Labute approximate surface area is 136 Å². The quantitative estimate of drug-likeness (QED) is 0.784. The van der Waals surface area contributed by atoms with Gasteiger partial charge in [0, 0.05) is 25.9 Å². The van der Waals surface area contributed by atoms with Crippen LogP contribution in [0.4, 0.5) is 0 Å². The van der Waals surface area contributed by atoms with Gasteiger partial charge in [-0.15, -0.1) is 0 Å². The molecule has 0 bridgehead atoms. The second kappa shape index (κ2) is 7.07. The number of benzene rings is 2. The van der Waals surface area contributed by atoms with E-state index in [0.717, 1.165) is 22.5 Å². The Balaban J connectivity index is 1.93. The van der Waals surface area contributed by atoms with Crippen LogP contribution in [0.15, 0.2) is 79.1 Å². The minimum absolute atomic E-state index is 0.493. The summed E-state index contributed by atoms with van der Waals surface area (Å²) in [5.41, 5.74) is 3.23. The van der Waals surface area contributed by atoms with Gasteiger partial charge in [-0.2, -0.15) is 0 Å². The van der Waals surface area contributed by atoms with Crippen molar-refractivity contribution in [3.8, 4) is 0 Å². The summed E-state index contributed by atoms with van der Waals surface area (Å²) in [6, 6.07) is 20.3. The Morgan fingerprint density at radius 1 is 1.04 bits per heavy atom. The lowest BCUT2D eigenvalue weighted by Crippen LogP contribution is -2.12. The molecule has 1 N–H and O–H groups in total. The van der Waals surface area contributed by atoms with Crippen molar-refractivity contribution in [3.63, 3.8) is 0 Å². The van der Waals surface area contributed by atoms with Crippen LogP contribution >= 0.6 is 0 Å². The van der Waals surface area contributed by atoms with E-state index in [1.807, 2.05) is 60.3 Å². The zero-order chi connectivity index (χ0) is 16.1. The molecule has 0 spiro atoms. The van der Waals surface area contributed by atoms with Crippen LogP contribution in [-0.2, 0) is 13.5 Å². The van der Waals surface area contributed by atoms with E-state index in [1.54, 1.807) is 6.20 Å². The van der Waals surface area contributed by atoms with Crippen molar-refractivity contribution in [3.05, 3.63) is 96.1 Å². The molecule has 1 aromatic heterocycles. The van der Waals surface area contributed by atoms with Gasteiger partial charge >= 0.3 is 0 Å². The Kier molecular flexibility index (Phi) is 4.69. The zero-order valence-corrected chi connectivity index (χ0v) is 13.1. The molecule has 0 aliphatic carbocycles. The third-order valence-electron chi connectivity index (χ3n) is 3.84. The number of hydrogen-bond acceptors (Lipinski definition) is 2. The summed E-state index contributed by atoms with van der Waals surface area (Å²) in [6.07, 6.45) is 5.46. The number of aryl methyl sites for hydroxylation is 1. The molecule has 3 heteroatoms. The van der Waals surface area contributed by atoms with Gasteiger partial charge in [0.1, 0.15) is 5.82 Å². The molecule has 116 valence electrons. The van der Waals surface area contributed by atoms with Crippen LogP contribution in [0, 0.1) is 0 Å². The summed E-state index contributed by atoms with van der Waals surface area (Å²) < 4.78 is 1.93. The molecular formula is C20H20N2O. The van der Waals surface area contributed by atoms with Crippen molar-refractivity contribution >= 4 is 5.57 Å². The highest BCUT2D eigenvalue weighted by atomic mass is 16.3. The average Bonchev–Trinajstić information content (AvgIpc) is 2.99. The number of rotatable bonds is 5. The van der Waals surface area contributed by atoms with E-state index in [-0.39, 0.29) is 0 Å². The molecule has 2 aromatic carbocycles. The van der Waals surface area contributed by atoms with Gasteiger partial charge in [-0.3, -0.25) is 0 Å². The van der Waals surface area contributed by atoms with Crippen LogP contribution in [-0.4, -0.2) is 20.8 Å². The van der Waals surface area contributed by atoms with Crippen molar-refractivity contribution in [1.29, 1.82) is 0 Å². The van der Waals surface area contributed by atoms with Crippen LogP contribution in [0.2, 0.25) is 0 Å². The fraction of sp³-hybridized carbons (Fsp3) is 0.150. The van der Waals surface area contributed by atoms with Crippen molar-refractivity contribution in [2.75, 3.05) is 0 Å². The number of hydrogen-bond donors (Lipinski definition) is 1. The first-order valence-electron chi connectivity index (χ1n) is 7.71. The summed E-state index contributed by atoms with van der Waals surface area (Å²) in [5.74, 6) is 0.870. The van der Waals surface area contributed by atoms with E-state index >= 15 is 0 Å². The standard InChI is InChI=1S/C20H20N2O/c1-22-13-12-21-20(22)15-18(23)14-19(16-8-4-2-5-9-16)17-10-6-3-7-11-17/h2-14,18,23H,15H2,1H3. The molecule has 0 saturated carbocycles. The molecule has 1 atom stereocenters. The van der Waals surface area contributed by atoms with E-state index < -0.39 is 6.10 Å². The lowest BCUT2D eigenvalue weighted by molar-refractivity contribution is 0.220.